The topological polar surface area (TPSA) is 170 Å². The van der Waals surface area contributed by atoms with Gasteiger partial charge in [0.1, 0.15) is 21.6 Å². The minimum absolute atomic E-state index is 0. The number of nitrogens with zero attached hydrogens (tertiary/aromatic N) is 3. The maximum Gasteiger partial charge on any atom is 1.00 e. The van der Waals surface area contributed by atoms with E-state index in [0.29, 0.717) is 0 Å². The molecule has 0 aliphatic heterocycles. The molecule has 3 aromatic rings. The number of hydroxylamine groups is 1. The first-order chi connectivity index (χ1) is 15.9. The number of phenolic OH excluding ortho intramolecular Hbond substituents is 1. The monoisotopic (exact) mass is 550 g/mol. The first-order valence-electron chi connectivity index (χ1n) is 9.26. The number of rotatable bonds is 9. The summed E-state index contributed by atoms with van der Waals surface area (Å²) in [6.45, 7) is 0. The normalized spacial score (nSPS) is 12.0. The van der Waals surface area contributed by atoms with Gasteiger partial charge in [0.2, 0.25) is 10.0 Å². The van der Waals surface area contributed by atoms with Gasteiger partial charge in [-0.05, 0) is 36.4 Å². The van der Waals surface area contributed by atoms with Crippen LogP contribution in [0.2, 0.25) is 0 Å². The molecule has 0 atom stereocenters. The fraction of sp³-hybridized carbons (Fsp3) is 0.158. The van der Waals surface area contributed by atoms with Crippen molar-refractivity contribution in [1.82, 2.24) is 0 Å². The van der Waals surface area contributed by atoms with Crippen LogP contribution in [0.5, 0.6) is 5.75 Å². The van der Waals surface area contributed by atoms with Crippen molar-refractivity contribution >= 4 is 65.7 Å². The number of phenols is 1. The number of hydrogen-bond donors (Lipinski definition) is 2. The van der Waals surface area contributed by atoms with Crippen LogP contribution in [-0.2, 0) is 29.5 Å². The Balaban J connectivity index is 0.00000432. The maximum absolute atomic E-state index is 11.9. The van der Waals surface area contributed by atoms with Crippen LogP contribution in [0, 0.1) is 0 Å². The average Bonchev–Trinajstić information content (AvgIpc) is 2.76. The van der Waals surface area contributed by atoms with Crippen molar-refractivity contribution in [2.45, 2.75) is 4.90 Å². The van der Waals surface area contributed by atoms with E-state index in [1.807, 2.05) is 0 Å². The van der Waals surface area contributed by atoms with Crippen molar-refractivity contribution in [2.24, 2.45) is 10.2 Å². The SMILES string of the molecule is CSOON(C)c1cc(N=Nc2ccc(S(=O)(=O)[O-])cc2)c2c(NS(C)(=O)=O)cccc2c1O.[Na+]. The van der Waals surface area contributed by atoms with E-state index in [2.05, 4.69) is 15.0 Å². The minimum Gasteiger partial charge on any atom is -0.744 e. The van der Waals surface area contributed by atoms with E-state index in [0.717, 1.165) is 35.5 Å². The Morgan fingerprint density at radius 3 is 2.31 bits per heavy atom. The third kappa shape index (κ3) is 7.52. The second-order valence-electron chi connectivity index (χ2n) is 6.82. The van der Waals surface area contributed by atoms with Gasteiger partial charge in [0.25, 0.3) is 0 Å². The second kappa shape index (κ2) is 11.9. The van der Waals surface area contributed by atoms with Gasteiger partial charge < -0.3 is 9.66 Å². The first kappa shape index (κ1) is 29.3. The quantitative estimate of drug-likeness (QED) is 0.0971. The van der Waals surface area contributed by atoms with Crippen molar-refractivity contribution in [3.05, 3.63) is 48.5 Å². The Kier molecular flexibility index (Phi) is 9.92. The molecule has 0 aliphatic rings. The van der Waals surface area contributed by atoms with Crippen LogP contribution in [0.1, 0.15) is 0 Å². The van der Waals surface area contributed by atoms with E-state index in [4.69, 9.17) is 9.32 Å². The molecule has 0 bridgehead atoms. The molecule has 35 heavy (non-hydrogen) atoms. The van der Waals surface area contributed by atoms with Crippen molar-refractivity contribution in [3.8, 4) is 5.75 Å². The Hall–Kier alpha value is -1.95. The van der Waals surface area contributed by atoms with Gasteiger partial charge in [0.15, 0.2) is 0 Å². The van der Waals surface area contributed by atoms with Crippen molar-refractivity contribution in [2.75, 3.05) is 29.3 Å². The van der Waals surface area contributed by atoms with E-state index < -0.39 is 25.0 Å². The van der Waals surface area contributed by atoms with E-state index in [1.54, 1.807) is 18.4 Å². The van der Waals surface area contributed by atoms with Gasteiger partial charge in [0, 0.05) is 36.1 Å². The summed E-state index contributed by atoms with van der Waals surface area (Å²) in [5.41, 5.74) is 0.654. The van der Waals surface area contributed by atoms with E-state index in [-0.39, 0.29) is 68.8 Å². The number of anilines is 2. The smallest absolute Gasteiger partial charge is 0.744 e. The van der Waals surface area contributed by atoms with Crippen molar-refractivity contribution in [1.29, 1.82) is 0 Å². The molecular formula is C19H19N4NaO8S3. The molecule has 3 aromatic carbocycles. The summed E-state index contributed by atoms with van der Waals surface area (Å²) in [5.74, 6) is -0.233. The first-order valence-corrected chi connectivity index (χ1v) is 13.7. The van der Waals surface area contributed by atoms with E-state index in [1.165, 1.54) is 31.3 Å². The predicted octanol–water partition coefficient (Wildman–Crippen LogP) is 0.818. The third-order valence-electron chi connectivity index (χ3n) is 4.34. The molecule has 0 saturated carbocycles. The van der Waals surface area contributed by atoms with Crippen LogP contribution in [-0.4, -0.2) is 46.1 Å². The number of nitrogens with one attached hydrogen (secondary N) is 1. The molecule has 3 rings (SSSR count). The molecule has 0 saturated heterocycles. The van der Waals surface area contributed by atoms with E-state index in [9.17, 15) is 26.5 Å². The third-order valence-corrected chi connectivity index (χ3v) is 5.97. The molecular weight excluding hydrogens is 531 g/mol. The van der Waals surface area contributed by atoms with Gasteiger partial charge in [-0.1, -0.05) is 17.1 Å². The van der Waals surface area contributed by atoms with Gasteiger partial charge in [-0.3, -0.25) is 4.72 Å². The molecule has 0 aliphatic carbocycles. The largest absolute Gasteiger partial charge is 1.00 e. The molecule has 0 fully saturated rings. The van der Waals surface area contributed by atoms with Crippen LogP contribution >= 0.6 is 12.0 Å². The number of fused-ring (bicyclic) bond motifs is 1. The molecule has 0 spiro atoms. The summed E-state index contributed by atoms with van der Waals surface area (Å²) >= 11 is 0.928. The number of aromatic hydroxyl groups is 1. The zero-order valence-electron chi connectivity index (χ0n) is 19.0. The maximum atomic E-state index is 11.9. The molecule has 0 aromatic heterocycles. The van der Waals surface area contributed by atoms with Gasteiger partial charge >= 0.3 is 29.6 Å². The molecule has 182 valence electrons. The second-order valence-corrected chi connectivity index (χ2v) is 10.4. The number of azo groups is 1. The van der Waals surface area contributed by atoms with Crippen molar-refractivity contribution < 1.29 is 65.4 Å². The summed E-state index contributed by atoms with van der Waals surface area (Å²) < 4.78 is 64.3. The standard InChI is InChI=1S/C19H20N4O8S3.Na/c1-23(30-31-32-2)17-11-16(21-20-12-7-9-13(10-8-12)34(27,28)29)18-14(19(17)24)5-4-6-15(18)22-33(3,25)26;/h4-11,22,24H,1-3H3,(H,27,28,29);/q;+1/p-1. The summed E-state index contributed by atoms with van der Waals surface area (Å²) in [6, 6.07) is 10.7. The number of hydrogen-bond acceptors (Lipinski definition) is 12. The van der Waals surface area contributed by atoms with Crippen LogP contribution in [0.3, 0.4) is 0 Å². The Bertz CT molecular complexity index is 1450. The molecule has 0 amide bonds. The molecule has 0 radical (unpaired) electrons. The fourth-order valence-electron chi connectivity index (χ4n) is 2.94. The zero-order valence-corrected chi connectivity index (χ0v) is 23.4. The van der Waals surface area contributed by atoms with E-state index >= 15 is 0 Å². The Morgan fingerprint density at radius 2 is 1.74 bits per heavy atom. The van der Waals surface area contributed by atoms with Crippen molar-refractivity contribution in [3.63, 3.8) is 0 Å². The molecule has 16 heteroatoms. The molecule has 0 unspecified atom stereocenters. The Labute approximate surface area is 228 Å². The van der Waals surface area contributed by atoms with Gasteiger partial charge in [-0.25, -0.2) is 21.9 Å². The zero-order chi connectivity index (χ0) is 25.1. The fourth-order valence-corrected chi connectivity index (χ4v) is 4.14. The van der Waals surface area contributed by atoms with Crippen LogP contribution in [0.15, 0.2) is 63.7 Å². The molecule has 2 N–H and O–H groups in total. The average molecular weight is 551 g/mol. The summed E-state index contributed by atoms with van der Waals surface area (Å²) in [7, 11) is -6.81. The van der Waals surface area contributed by atoms with Crippen LogP contribution < -0.4 is 39.3 Å². The molecule has 12 nitrogen and oxygen atoms in total. The summed E-state index contributed by atoms with van der Waals surface area (Å²) in [5, 5.41) is 20.7. The van der Waals surface area contributed by atoms with Crippen LogP contribution in [0.4, 0.5) is 22.7 Å². The summed E-state index contributed by atoms with van der Waals surface area (Å²) in [4.78, 5) is 4.63. The van der Waals surface area contributed by atoms with Gasteiger partial charge in [-0.2, -0.15) is 5.11 Å². The predicted molar refractivity (Wildman–Crippen MR) is 127 cm³/mol. The molecule has 0 heterocycles. The minimum atomic E-state index is -4.61. The Morgan fingerprint density at radius 1 is 1.09 bits per heavy atom. The van der Waals surface area contributed by atoms with Gasteiger partial charge in [0.05, 0.1) is 28.2 Å². The number of sulfonamides is 1. The number of benzene rings is 3. The summed E-state index contributed by atoms with van der Waals surface area (Å²) in [6.07, 6.45) is 2.61. The van der Waals surface area contributed by atoms with Crippen LogP contribution in [0.25, 0.3) is 10.8 Å². The van der Waals surface area contributed by atoms with Gasteiger partial charge in [-0.15, -0.1) is 9.45 Å².